The predicted octanol–water partition coefficient (Wildman–Crippen LogP) is 3.32. The quantitative estimate of drug-likeness (QED) is 0.480. The largest absolute Gasteiger partial charge is 0.416 e. The van der Waals surface area contributed by atoms with Gasteiger partial charge >= 0.3 is 12.2 Å². The summed E-state index contributed by atoms with van der Waals surface area (Å²) < 4.78 is 67.9. The average Bonchev–Trinajstić information content (AvgIpc) is 3.41. The number of nitrogens with one attached hydrogen (secondary N) is 3. The summed E-state index contributed by atoms with van der Waals surface area (Å²) in [6.45, 7) is -0.594. The Balaban J connectivity index is 1.62. The zero-order valence-corrected chi connectivity index (χ0v) is 16.3. The van der Waals surface area contributed by atoms with Gasteiger partial charge in [-0.3, -0.25) is 14.9 Å². The minimum absolute atomic E-state index is 0.00728. The van der Waals surface area contributed by atoms with Crippen molar-refractivity contribution in [3.05, 3.63) is 59.4 Å². The molecule has 0 radical (unpaired) electrons. The second-order valence-corrected chi connectivity index (χ2v) is 7.70. The summed E-state index contributed by atoms with van der Waals surface area (Å²) >= 11 is 0. The second kappa shape index (κ2) is 7.28. The van der Waals surface area contributed by atoms with E-state index in [2.05, 4.69) is 10.6 Å². The first-order chi connectivity index (χ1) is 15.0. The Morgan fingerprint density at radius 3 is 2.25 bits per heavy atom. The maximum absolute atomic E-state index is 14.9. The summed E-state index contributed by atoms with van der Waals surface area (Å²) in [7, 11) is 0. The molecule has 1 atom stereocenters. The van der Waals surface area contributed by atoms with E-state index in [0.717, 1.165) is 30.3 Å². The Morgan fingerprint density at radius 1 is 1.06 bits per heavy atom. The number of rotatable bonds is 5. The van der Waals surface area contributed by atoms with Crippen LogP contribution in [0.1, 0.15) is 28.8 Å². The number of imide groups is 1. The van der Waals surface area contributed by atoms with Crippen LogP contribution in [0.3, 0.4) is 0 Å². The summed E-state index contributed by atoms with van der Waals surface area (Å²) in [6.07, 6.45) is -4.57. The number of carbonyl (C=O) groups is 3. The van der Waals surface area contributed by atoms with Crippen LogP contribution in [0.4, 0.5) is 26.7 Å². The van der Waals surface area contributed by atoms with Gasteiger partial charge in [-0.1, -0.05) is 18.2 Å². The van der Waals surface area contributed by atoms with Crippen molar-refractivity contribution in [3.63, 3.8) is 0 Å². The van der Waals surface area contributed by atoms with Crippen LogP contribution < -0.4 is 16.0 Å². The molecule has 1 saturated carbocycles. The van der Waals surface area contributed by atoms with Crippen molar-refractivity contribution in [2.24, 2.45) is 0 Å². The number of hydrogen-bond donors (Lipinski definition) is 3. The van der Waals surface area contributed by atoms with Gasteiger partial charge in [-0.2, -0.15) is 13.2 Å². The molecule has 1 unspecified atom stereocenters. The van der Waals surface area contributed by atoms with Crippen molar-refractivity contribution in [1.82, 2.24) is 16.0 Å². The van der Waals surface area contributed by atoms with Crippen molar-refractivity contribution >= 4 is 17.8 Å². The summed E-state index contributed by atoms with van der Waals surface area (Å²) in [5.74, 6) is -2.68. The molecule has 4 amide bonds. The van der Waals surface area contributed by atoms with Crippen LogP contribution >= 0.6 is 0 Å². The lowest BCUT2D eigenvalue weighted by atomic mass is 9.90. The normalized spacial score (nSPS) is 21.7. The third-order valence-electron chi connectivity index (χ3n) is 5.67. The first kappa shape index (κ1) is 21.7. The number of urea groups is 1. The number of carbonyl (C=O) groups excluding carboxylic acids is 3. The SMILES string of the molecule is O=C1NC(=O)C(CNC(=O)c2cccc(F)c2-c2ccc(C(F)(F)F)cc2)(C2(F)CC2)N1. The predicted molar refractivity (Wildman–Crippen MR) is 102 cm³/mol. The molecule has 2 aromatic carbocycles. The van der Waals surface area contributed by atoms with Gasteiger partial charge in [0.2, 0.25) is 0 Å². The highest BCUT2D eigenvalue weighted by Crippen LogP contribution is 2.49. The van der Waals surface area contributed by atoms with Crippen molar-refractivity contribution in [1.29, 1.82) is 0 Å². The van der Waals surface area contributed by atoms with E-state index in [1.165, 1.54) is 12.1 Å². The number of halogens is 5. The van der Waals surface area contributed by atoms with Crippen LogP contribution in [0, 0.1) is 5.82 Å². The van der Waals surface area contributed by atoms with E-state index in [1.54, 1.807) is 0 Å². The van der Waals surface area contributed by atoms with E-state index in [9.17, 15) is 36.3 Å². The van der Waals surface area contributed by atoms with Gasteiger partial charge in [0, 0.05) is 5.56 Å². The molecule has 11 heteroatoms. The third kappa shape index (κ3) is 3.57. The lowest BCUT2D eigenvalue weighted by molar-refractivity contribution is -0.137. The number of amides is 4. The molecule has 3 N–H and O–H groups in total. The molecule has 32 heavy (non-hydrogen) atoms. The maximum atomic E-state index is 14.9. The summed E-state index contributed by atoms with van der Waals surface area (Å²) in [5, 5.41) is 6.53. The van der Waals surface area contributed by atoms with Crippen molar-refractivity contribution in [2.45, 2.75) is 30.2 Å². The van der Waals surface area contributed by atoms with Gasteiger partial charge in [0.05, 0.1) is 17.7 Å². The van der Waals surface area contributed by atoms with Crippen LogP contribution in [0.25, 0.3) is 11.1 Å². The fraction of sp³-hybridized carbons (Fsp3) is 0.286. The molecule has 1 aliphatic heterocycles. The van der Waals surface area contributed by atoms with E-state index >= 15 is 0 Å². The number of alkyl halides is 4. The summed E-state index contributed by atoms with van der Waals surface area (Å²) in [5.41, 5.74) is -5.43. The van der Waals surface area contributed by atoms with Gasteiger partial charge in [0.15, 0.2) is 5.54 Å². The molecule has 0 aromatic heterocycles. The molecule has 2 aromatic rings. The maximum Gasteiger partial charge on any atom is 0.416 e. The van der Waals surface area contributed by atoms with Gasteiger partial charge in [-0.25, -0.2) is 13.6 Å². The lowest BCUT2D eigenvalue weighted by Gasteiger charge is -2.30. The topological polar surface area (TPSA) is 87.3 Å². The Hall–Kier alpha value is -3.50. The van der Waals surface area contributed by atoms with Gasteiger partial charge in [0.1, 0.15) is 11.5 Å². The number of benzene rings is 2. The van der Waals surface area contributed by atoms with Crippen LogP contribution in [0.5, 0.6) is 0 Å². The fourth-order valence-corrected chi connectivity index (χ4v) is 3.77. The van der Waals surface area contributed by atoms with E-state index in [-0.39, 0.29) is 29.5 Å². The van der Waals surface area contributed by atoms with Gasteiger partial charge < -0.3 is 10.6 Å². The molecule has 1 heterocycles. The average molecular weight is 453 g/mol. The second-order valence-electron chi connectivity index (χ2n) is 7.70. The van der Waals surface area contributed by atoms with Crippen LogP contribution in [0.15, 0.2) is 42.5 Å². The standard InChI is InChI=1S/C21H16F5N3O3/c22-14-3-1-2-13(15(14)11-4-6-12(7-5-11)21(24,25)26)16(30)27-10-20(19(23)8-9-19)17(31)28-18(32)29-20/h1-7H,8-10H2,(H,27,30)(H2,28,29,31,32). The zero-order chi connectivity index (χ0) is 23.3. The summed E-state index contributed by atoms with van der Waals surface area (Å²) in [4.78, 5) is 36.7. The van der Waals surface area contributed by atoms with Gasteiger partial charge in [-0.15, -0.1) is 0 Å². The molecular weight excluding hydrogens is 437 g/mol. The van der Waals surface area contributed by atoms with Crippen molar-refractivity contribution in [3.8, 4) is 11.1 Å². The smallest absolute Gasteiger partial charge is 0.349 e. The monoisotopic (exact) mass is 453 g/mol. The summed E-state index contributed by atoms with van der Waals surface area (Å²) in [6, 6.07) is 6.20. The first-order valence-electron chi connectivity index (χ1n) is 9.54. The molecule has 1 saturated heterocycles. The van der Waals surface area contributed by atoms with Crippen LogP contribution in [-0.2, 0) is 11.0 Å². The van der Waals surface area contributed by atoms with Crippen molar-refractivity contribution < 1.29 is 36.3 Å². The molecule has 1 aliphatic carbocycles. The lowest BCUT2D eigenvalue weighted by Crippen LogP contribution is -2.62. The molecule has 2 fully saturated rings. The highest BCUT2D eigenvalue weighted by molar-refractivity contribution is 6.09. The fourth-order valence-electron chi connectivity index (χ4n) is 3.77. The molecular formula is C21H16F5N3O3. The zero-order valence-electron chi connectivity index (χ0n) is 16.3. The molecule has 0 bridgehead atoms. The number of hydrogen-bond acceptors (Lipinski definition) is 3. The minimum atomic E-state index is -4.58. The van der Waals surface area contributed by atoms with E-state index in [4.69, 9.17) is 0 Å². The van der Waals surface area contributed by atoms with Gasteiger partial charge in [-0.05, 0) is 42.7 Å². The van der Waals surface area contributed by atoms with Crippen molar-refractivity contribution in [2.75, 3.05) is 6.54 Å². The highest BCUT2D eigenvalue weighted by atomic mass is 19.4. The van der Waals surface area contributed by atoms with Gasteiger partial charge in [0.25, 0.3) is 11.8 Å². The highest BCUT2D eigenvalue weighted by Gasteiger charge is 2.68. The Labute approximate surface area is 178 Å². The Kier molecular flexibility index (Phi) is 4.94. The Morgan fingerprint density at radius 2 is 1.72 bits per heavy atom. The molecule has 168 valence electrons. The first-order valence-corrected chi connectivity index (χ1v) is 9.54. The van der Waals surface area contributed by atoms with E-state index in [0.29, 0.717) is 0 Å². The van der Waals surface area contributed by atoms with Crippen LogP contribution in [0.2, 0.25) is 0 Å². The van der Waals surface area contributed by atoms with Crippen LogP contribution in [-0.4, -0.2) is 35.6 Å². The Bertz CT molecular complexity index is 1110. The molecule has 6 nitrogen and oxygen atoms in total. The van der Waals surface area contributed by atoms with E-state index < -0.39 is 53.2 Å². The molecule has 4 rings (SSSR count). The molecule has 0 spiro atoms. The van der Waals surface area contributed by atoms with E-state index in [1.807, 2.05) is 5.32 Å². The molecule has 2 aliphatic rings. The third-order valence-corrected chi connectivity index (χ3v) is 5.67. The minimum Gasteiger partial charge on any atom is -0.349 e.